The zero-order valence-corrected chi connectivity index (χ0v) is 18.6. The maximum atomic E-state index is 13.1. The molecule has 0 saturated carbocycles. The number of carbonyl (C=O) groups is 1. The van der Waals surface area contributed by atoms with Crippen LogP contribution in [0.1, 0.15) is 15.2 Å². The highest BCUT2D eigenvalue weighted by atomic mass is 32.1. The molecule has 0 aliphatic carbocycles. The van der Waals surface area contributed by atoms with Gasteiger partial charge in [-0.25, -0.2) is 4.39 Å². The lowest BCUT2D eigenvalue weighted by atomic mass is 10.1. The molecule has 0 spiro atoms. The van der Waals surface area contributed by atoms with Crippen molar-refractivity contribution in [2.75, 3.05) is 21.3 Å². The lowest BCUT2D eigenvalue weighted by Crippen LogP contribution is -2.25. The largest absolute Gasteiger partial charge is 0.497 e. The van der Waals surface area contributed by atoms with Gasteiger partial charge in [0.05, 0.1) is 24.0 Å². The van der Waals surface area contributed by atoms with E-state index in [4.69, 9.17) is 14.0 Å². The normalized spacial score (nSPS) is 10.8. The molecule has 0 saturated heterocycles. The zero-order chi connectivity index (χ0) is 22.7. The van der Waals surface area contributed by atoms with Crippen LogP contribution in [0.15, 0.2) is 65.2 Å². The van der Waals surface area contributed by atoms with Crippen molar-refractivity contribution >= 4 is 17.2 Å². The van der Waals surface area contributed by atoms with Gasteiger partial charge in [-0.2, -0.15) is 0 Å². The van der Waals surface area contributed by atoms with E-state index in [2.05, 4.69) is 5.16 Å². The average Bonchev–Trinajstić information content (AvgIpc) is 3.49. The van der Waals surface area contributed by atoms with Crippen molar-refractivity contribution in [1.29, 1.82) is 0 Å². The van der Waals surface area contributed by atoms with Gasteiger partial charge in [-0.05, 0) is 48.0 Å². The summed E-state index contributed by atoms with van der Waals surface area (Å²) in [5, 5.41) is 4.17. The number of hydrogen-bond donors (Lipinski definition) is 0. The number of amides is 1. The molecule has 0 unspecified atom stereocenters. The van der Waals surface area contributed by atoms with Crippen molar-refractivity contribution in [3.8, 4) is 33.4 Å². The predicted molar refractivity (Wildman–Crippen MR) is 121 cm³/mol. The van der Waals surface area contributed by atoms with Gasteiger partial charge in [-0.3, -0.25) is 4.79 Å². The number of benzene rings is 2. The molecule has 0 aliphatic heterocycles. The Labute approximate surface area is 188 Å². The highest BCUT2D eigenvalue weighted by Crippen LogP contribution is 2.36. The van der Waals surface area contributed by atoms with Crippen LogP contribution in [0.25, 0.3) is 21.9 Å². The van der Waals surface area contributed by atoms with Gasteiger partial charge >= 0.3 is 0 Å². The van der Waals surface area contributed by atoms with E-state index in [0.717, 1.165) is 16.0 Å². The summed E-state index contributed by atoms with van der Waals surface area (Å²) >= 11 is 1.32. The summed E-state index contributed by atoms with van der Waals surface area (Å²) in [5.74, 6) is 1.45. The third kappa shape index (κ3) is 4.50. The van der Waals surface area contributed by atoms with Crippen molar-refractivity contribution in [3.05, 3.63) is 76.9 Å². The fraction of sp³-hybridized carbons (Fsp3) is 0.167. The smallest absolute Gasteiger partial charge is 0.263 e. The summed E-state index contributed by atoms with van der Waals surface area (Å²) < 4.78 is 29.4. The van der Waals surface area contributed by atoms with E-state index in [9.17, 15) is 9.18 Å². The zero-order valence-electron chi connectivity index (χ0n) is 17.8. The minimum Gasteiger partial charge on any atom is -0.497 e. The van der Waals surface area contributed by atoms with Crippen molar-refractivity contribution in [1.82, 2.24) is 10.1 Å². The molecule has 2 heterocycles. The summed E-state index contributed by atoms with van der Waals surface area (Å²) in [6.45, 7) is 0.383. The van der Waals surface area contributed by atoms with Gasteiger partial charge in [0.2, 0.25) is 0 Å². The summed E-state index contributed by atoms with van der Waals surface area (Å²) in [6, 6.07) is 16.9. The van der Waals surface area contributed by atoms with Crippen LogP contribution in [0.3, 0.4) is 0 Å². The van der Waals surface area contributed by atoms with Crippen LogP contribution in [0.5, 0.6) is 11.5 Å². The van der Waals surface area contributed by atoms with Gasteiger partial charge in [0.1, 0.15) is 23.0 Å². The number of methoxy groups -OCH3 is 2. The molecule has 164 valence electrons. The van der Waals surface area contributed by atoms with E-state index >= 15 is 0 Å². The summed E-state index contributed by atoms with van der Waals surface area (Å²) in [6.07, 6.45) is 0. The fourth-order valence-electron chi connectivity index (χ4n) is 3.24. The maximum Gasteiger partial charge on any atom is 0.263 e. The first kappa shape index (κ1) is 21.6. The molecule has 0 aliphatic rings. The van der Waals surface area contributed by atoms with Crippen molar-refractivity contribution in [2.24, 2.45) is 0 Å². The Hall–Kier alpha value is -3.65. The quantitative estimate of drug-likeness (QED) is 0.371. The van der Waals surface area contributed by atoms with E-state index < -0.39 is 0 Å². The molecule has 0 radical (unpaired) electrons. The molecule has 32 heavy (non-hydrogen) atoms. The minimum absolute atomic E-state index is 0.125. The number of ether oxygens (including phenoxy) is 2. The first-order valence-corrected chi connectivity index (χ1v) is 10.6. The number of halogens is 1. The molecule has 4 aromatic rings. The van der Waals surface area contributed by atoms with E-state index in [1.54, 1.807) is 56.5 Å². The van der Waals surface area contributed by atoms with Gasteiger partial charge in [0.25, 0.3) is 5.91 Å². The standard InChI is InChI=1S/C24H21FN2O4S/c1-27(14-15-4-6-16(25)7-5-15)24(28)23-11-10-22(32-23)21-13-19(26-31-21)18-12-17(29-2)8-9-20(18)30-3/h4-13H,14H2,1-3H3. The Morgan fingerprint density at radius 2 is 1.84 bits per heavy atom. The van der Waals surface area contributed by atoms with Crippen LogP contribution < -0.4 is 9.47 Å². The summed E-state index contributed by atoms with van der Waals surface area (Å²) in [7, 11) is 4.90. The molecule has 4 rings (SSSR count). The van der Waals surface area contributed by atoms with E-state index in [1.807, 2.05) is 18.2 Å². The topological polar surface area (TPSA) is 64.8 Å². The molecule has 1 amide bonds. The molecule has 0 atom stereocenters. The Morgan fingerprint density at radius 1 is 1.06 bits per heavy atom. The molecule has 6 nitrogen and oxygen atoms in total. The van der Waals surface area contributed by atoms with Crippen LogP contribution >= 0.6 is 11.3 Å². The molecule has 8 heteroatoms. The van der Waals surface area contributed by atoms with Crippen LogP contribution in [0.2, 0.25) is 0 Å². The first-order valence-electron chi connectivity index (χ1n) is 9.77. The SMILES string of the molecule is COc1ccc(OC)c(-c2cc(-c3ccc(C(=O)N(C)Cc4ccc(F)cc4)s3)on2)c1. The summed E-state index contributed by atoms with van der Waals surface area (Å²) in [4.78, 5) is 15.8. The Bertz CT molecular complexity index is 1230. The van der Waals surface area contributed by atoms with Gasteiger partial charge in [-0.15, -0.1) is 11.3 Å². The second kappa shape index (κ2) is 9.23. The number of hydrogen-bond acceptors (Lipinski definition) is 6. The molecule has 2 aromatic heterocycles. The van der Waals surface area contributed by atoms with Gasteiger partial charge in [-0.1, -0.05) is 17.3 Å². The number of carbonyl (C=O) groups excluding carboxylic acids is 1. The second-order valence-corrected chi connectivity index (χ2v) is 8.18. The van der Waals surface area contributed by atoms with E-state index in [0.29, 0.717) is 34.4 Å². The second-order valence-electron chi connectivity index (χ2n) is 7.09. The average molecular weight is 453 g/mol. The van der Waals surface area contributed by atoms with Gasteiger partial charge in [0.15, 0.2) is 5.76 Å². The van der Waals surface area contributed by atoms with Crippen molar-refractivity contribution in [3.63, 3.8) is 0 Å². The van der Waals surface area contributed by atoms with Crippen LogP contribution in [0.4, 0.5) is 4.39 Å². The third-order valence-corrected chi connectivity index (χ3v) is 6.02. The number of thiophene rings is 1. The van der Waals surface area contributed by atoms with Gasteiger partial charge in [0, 0.05) is 25.2 Å². The minimum atomic E-state index is -0.302. The summed E-state index contributed by atoms with van der Waals surface area (Å²) in [5.41, 5.74) is 2.20. The van der Waals surface area contributed by atoms with Crippen molar-refractivity contribution in [2.45, 2.75) is 6.54 Å². The number of aromatic nitrogens is 1. The van der Waals surface area contributed by atoms with Gasteiger partial charge < -0.3 is 18.9 Å². The van der Waals surface area contributed by atoms with Crippen LogP contribution in [0, 0.1) is 5.82 Å². The lowest BCUT2D eigenvalue weighted by molar-refractivity contribution is 0.0790. The molecule has 0 fully saturated rings. The number of rotatable bonds is 7. The molecule has 0 N–H and O–H groups in total. The molecule has 0 bridgehead atoms. The molecule has 2 aromatic carbocycles. The van der Waals surface area contributed by atoms with Crippen LogP contribution in [-0.4, -0.2) is 37.2 Å². The molecular formula is C24H21FN2O4S. The lowest BCUT2D eigenvalue weighted by Gasteiger charge is -2.16. The Kier molecular flexibility index (Phi) is 6.23. The van der Waals surface area contributed by atoms with E-state index in [-0.39, 0.29) is 11.7 Å². The monoisotopic (exact) mass is 452 g/mol. The number of nitrogens with zero attached hydrogens (tertiary/aromatic N) is 2. The van der Waals surface area contributed by atoms with Crippen molar-refractivity contribution < 1.29 is 23.2 Å². The maximum absolute atomic E-state index is 13.1. The highest BCUT2D eigenvalue weighted by molar-refractivity contribution is 7.17. The van der Waals surface area contributed by atoms with Crippen LogP contribution in [-0.2, 0) is 6.54 Å². The Balaban J connectivity index is 1.52. The first-order chi connectivity index (χ1) is 15.5. The predicted octanol–water partition coefficient (Wildman–Crippen LogP) is 5.50. The molecular weight excluding hydrogens is 431 g/mol. The van der Waals surface area contributed by atoms with E-state index in [1.165, 1.54) is 23.5 Å². The third-order valence-electron chi connectivity index (χ3n) is 4.93. The highest BCUT2D eigenvalue weighted by Gasteiger charge is 2.19. The Morgan fingerprint density at radius 3 is 2.56 bits per heavy atom. The fourth-order valence-corrected chi connectivity index (χ4v) is 4.19.